The van der Waals surface area contributed by atoms with Gasteiger partial charge in [0.05, 0.1) is 6.04 Å². The fraction of sp³-hybridized carbons (Fsp3) is 0.600. The molecule has 0 bridgehead atoms. The Hall–Kier alpha value is -1.09. The zero-order valence-corrected chi connectivity index (χ0v) is 10.7. The van der Waals surface area contributed by atoms with E-state index in [-0.39, 0.29) is 6.04 Å². The fourth-order valence-electron chi connectivity index (χ4n) is 3.23. The summed E-state index contributed by atoms with van der Waals surface area (Å²) in [7, 11) is 0. The van der Waals surface area contributed by atoms with Crippen molar-refractivity contribution in [3.8, 4) is 0 Å². The zero-order valence-electron chi connectivity index (χ0n) is 10.7. The van der Waals surface area contributed by atoms with Crippen LogP contribution < -0.4 is 10.6 Å². The summed E-state index contributed by atoms with van der Waals surface area (Å²) in [4.78, 5) is 0. The van der Waals surface area contributed by atoms with Gasteiger partial charge in [0.15, 0.2) is 0 Å². The molecule has 3 heteroatoms. The summed E-state index contributed by atoms with van der Waals surface area (Å²) in [5.41, 5.74) is 1.41. The van der Waals surface area contributed by atoms with Crippen molar-refractivity contribution in [1.29, 1.82) is 0 Å². The summed E-state index contributed by atoms with van der Waals surface area (Å²) in [6.45, 7) is 1.76. The van der Waals surface area contributed by atoms with Gasteiger partial charge in [-0.1, -0.05) is 18.2 Å². The Kier molecular flexibility index (Phi) is 3.25. The Bertz CT molecular complexity index is 411. The van der Waals surface area contributed by atoms with Crippen LogP contribution in [-0.4, -0.2) is 24.8 Å². The van der Waals surface area contributed by atoms with E-state index in [1.54, 1.807) is 0 Å². The molecule has 0 aromatic heterocycles. The van der Waals surface area contributed by atoms with Crippen molar-refractivity contribution >= 4 is 5.69 Å². The van der Waals surface area contributed by atoms with Crippen LogP contribution in [0.4, 0.5) is 10.1 Å². The largest absolute Gasteiger partial charge is 0.379 e. The summed E-state index contributed by atoms with van der Waals surface area (Å²) >= 11 is 0. The first-order valence-corrected chi connectivity index (χ1v) is 7.02. The van der Waals surface area contributed by atoms with E-state index < -0.39 is 5.67 Å². The van der Waals surface area contributed by atoms with Crippen molar-refractivity contribution < 1.29 is 4.39 Å². The molecule has 3 rings (SSSR count). The number of hydrogen-bond acceptors (Lipinski definition) is 2. The second-order valence-corrected chi connectivity index (χ2v) is 5.53. The van der Waals surface area contributed by atoms with Crippen molar-refractivity contribution in [2.24, 2.45) is 0 Å². The highest BCUT2D eigenvalue weighted by molar-refractivity contribution is 5.54. The van der Waals surface area contributed by atoms with Crippen LogP contribution in [0.25, 0.3) is 0 Å². The average molecular weight is 248 g/mol. The Balaban J connectivity index is 1.78. The molecule has 1 aromatic carbocycles. The van der Waals surface area contributed by atoms with Crippen molar-refractivity contribution in [2.45, 2.75) is 43.8 Å². The lowest BCUT2D eigenvalue weighted by Crippen LogP contribution is -2.46. The topological polar surface area (TPSA) is 24.1 Å². The van der Waals surface area contributed by atoms with Gasteiger partial charge in [-0.25, -0.2) is 4.39 Å². The predicted octanol–water partition coefficient (Wildman–Crippen LogP) is 2.90. The Morgan fingerprint density at radius 1 is 1.17 bits per heavy atom. The van der Waals surface area contributed by atoms with Gasteiger partial charge in [0.1, 0.15) is 5.67 Å². The van der Waals surface area contributed by atoms with E-state index in [2.05, 4.69) is 28.8 Å². The molecule has 2 unspecified atom stereocenters. The minimum atomic E-state index is -1.04. The first kappa shape index (κ1) is 12.0. The maximum atomic E-state index is 15.1. The van der Waals surface area contributed by atoms with Gasteiger partial charge >= 0.3 is 0 Å². The van der Waals surface area contributed by atoms with Gasteiger partial charge in [-0.15, -0.1) is 0 Å². The van der Waals surface area contributed by atoms with E-state index in [0.717, 1.165) is 38.0 Å². The van der Waals surface area contributed by atoms with Gasteiger partial charge in [0, 0.05) is 5.69 Å². The minimum absolute atomic E-state index is 0.0210. The lowest BCUT2D eigenvalue weighted by molar-refractivity contribution is 0.111. The van der Waals surface area contributed by atoms with Gasteiger partial charge in [-0.05, 0) is 56.8 Å². The molecular formula is C15H21FN2. The number of fused-ring (bicyclic) bond motifs is 1. The second-order valence-electron chi connectivity index (χ2n) is 5.53. The summed E-state index contributed by atoms with van der Waals surface area (Å²) in [5, 5.41) is 6.73. The quantitative estimate of drug-likeness (QED) is 0.798. The molecule has 1 fully saturated rings. The lowest BCUT2D eigenvalue weighted by Gasteiger charge is -2.37. The van der Waals surface area contributed by atoms with Crippen LogP contribution in [0, 0.1) is 0 Å². The third-order valence-electron chi connectivity index (χ3n) is 4.34. The molecule has 0 aliphatic carbocycles. The molecule has 2 heterocycles. The molecule has 2 atom stereocenters. The van der Waals surface area contributed by atoms with Crippen molar-refractivity contribution in [2.75, 3.05) is 18.4 Å². The molecule has 2 aliphatic rings. The van der Waals surface area contributed by atoms with Crippen LogP contribution in [0.1, 0.15) is 31.2 Å². The number of hydrogen-bond donors (Lipinski definition) is 2. The summed E-state index contributed by atoms with van der Waals surface area (Å²) < 4.78 is 15.1. The third-order valence-corrected chi connectivity index (χ3v) is 4.34. The highest BCUT2D eigenvalue weighted by Gasteiger charge is 2.40. The van der Waals surface area contributed by atoms with Gasteiger partial charge in [0.25, 0.3) is 0 Å². The summed E-state index contributed by atoms with van der Waals surface area (Å²) in [5.74, 6) is 0. The molecule has 1 saturated heterocycles. The van der Waals surface area contributed by atoms with Crippen LogP contribution >= 0.6 is 0 Å². The van der Waals surface area contributed by atoms with E-state index in [1.807, 2.05) is 6.07 Å². The SMILES string of the molecule is FC1(C2CCc3ccccc3N2)CCCNCC1. The molecule has 98 valence electrons. The molecule has 0 spiro atoms. The van der Waals surface area contributed by atoms with Gasteiger partial charge < -0.3 is 10.6 Å². The molecule has 1 aromatic rings. The molecule has 2 N–H and O–H groups in total. The molecule has 18 heavy (non-hydrogen) atoms. The molecule has 0 radical (unpaired) electrons. The van der Waals surface area contributed by atoms with Crippen LogP contribution in [0.3, 0.4) is 0 Å². The smallest absolute Gasteiger partial charge is 0.132 e. The van der Waals surface area contributed by atoms with Gasteiger partial charge in [-0.2, -0.15) is 0 Å². The van der Waals surface area contributed by atoms with Crippen LogP contribution in [-0.2, 0) is 6.42 Å². The average Bonchev–Trinajstić information content (AvgIpc) is 2.64. The van der Waals surface area contributed by atoms with E-state index in [4.69, 9.17) is 0 Å². The molecular weight excluding hydrogens is 227 g/mol. The molecule has 0 amide bonds. The Morgan fingerprint density at radius 2 is 2.06 bits per heavy atom. The number of rotatable bonds is 1. The minimum Gasteiger partial charge on any atom is -0.379 e. The zero-order chi connectivity index (χ0) is 12.4. The number of benzene rings is 1. The highest BCUT2D eigenvalue weighted by Crippen LogP contribution is 2.36. The lowest BCUT2D eigenvalue weighted by atomic mass is 9.82. The van der Waals surface area contributed by atoms with E-state index >= 15 is 4.39 Å². The monoisotopic (exact) mass is 248 g/mol. The maximum absolute atomic E-state index is 15.1. The normalized spacial score (nSPS) is 32.2. The van der Waals surface area contributed by atoms with Crippen LogP contribution in [0.15, 0.2) is 24.3 Å². The highest BCUT2D eigenvalue weighted by atomic mass is 19.1. The van der Waals surface area contributed by atoms with Crippen LogP contribution in [0.5, 0.6) is 0 Å². The first-order valence-electron chi connectivity index (χ1n) is 7.02. The Labute approximate surface area is 108 Å². The van der Waals surface area contributed by atoms with Crippen LogP contribution in [0.2, 0.25) is 0 Å². The number of anilines is 1. The van der Waals surface area contributed by atoms with E-state index in [1.165, 1.54) is 5.56 Å². The van der Waals surface area contributed by atoms with Crippen molar-refractivity contribution in [1.82, 2.24) is 5.32 Å². The Morgan fingerprint density at radius 3 is 3.00 bits per heavy atom. The second kappa shape index (κ2) is 4.88. The molecule has 2 aliphatic heterocycles. The van der Waals surface area contributed by atoms with E-state index in [0.29, 0.717) is 12.8 Å². The number of alkyl halides is 1. The molecule has 0 saturated carbocycles. The number of halogens is 1. The molecule has 2 nitrogen and oxygen atoms in total. The number of para-hydroxylation sites is 1. The third kappa shape index (κ3) is 2.24. The van der Waals surface area contributed by atoms with Gasteiger partial charge in [-0.3, -0.25) is 0 Å². The fourth-order valence-corrected chi connectivity index (χ4v) is 3.23. The van der Waals surface area contributed by atoms with Crippen molar-refractivity contribution in [3.05, 3.63) is 29.8 Å². The summed E-state index contributed by atoms with van der Waals surface area (Å²) in [6.07, 6.45) is 4.16. The first-order chi connectivity index (χ1) is 8.78. The standard InChI is InChI=1S/C15H21FN2/c16-15(8-3-10-17-11-9-15)14-7-6-12-4-1-2-5-13(12)18-14/h1-2,4-5,14,17-18H,3,6-11H2. The van der Waals surface area contributed by atoms with E-state index in [9.17, 15) is 0 Å². The van der Waals surface area contributed by atoms with Crippen molar-refractivity contribution in [3.63, 3.8) is 0 Å². The maximum Gasteiger partial charge on any atom is 0.132 e. The predicted molar refractivity (Wildman–Crippen MR) is 72.7 cm³/mol. The number of nitrogens with one attached hydrogen (secondary N) is 2. The van der Waals surface area contributed by atoms with Gasteiger partial charge in [0.2, 0.25) is 0 Å². The summed E-state index contributed by atoms with van der Waals surface area (Å²) in [6, 6.07) is 8.26. The number of aryl methyl sites for hydroxylation is 1.